The fraction of sp³-hybridized carbons (Fsp3) is 0.571. The summed E-state index contributed by atoms with van der Waals surface area (Å²) in [5, 5.41) is 4.48. The van der Waals surface area contributed by atoms with E-state index in [0.717, 1.165) is 6.04 Å². The van der Waals surface area contributed by atoms with Crippen molar-refractivity contribution in [3.8, 4) is 0 Å². The van der Waals surface area contributed by atoms with Crippen molar-refractivity contribution in [3.63, 3.8) is 0 Å². The molecule has 0 atom stereocenters. The molecule has 0 unspecified atom stereocenters. The molecule has 4 heteroatoms. The monoisotopic (exact) mass is 401 g/mol. The Labute approximate surface area is 170 Å². The molecule has 1 aliphatic carbocycles. The average molecular weight is 401 g/mol. The van der Waals surface area contributed by atoms with Crippen LogP contribution in [0, 0.1) is 55.0 Å². The Morgan fingerprint density at radius 2 is 1.28 bits per heavy atom. The van der Waals surface area contributed by atoms with Gasteiger partial charge in [-0.1, -0.05) is 55.4 Å². The van der Waals surface area contributed by atoms with Crippen LogP contribution in [0.15, 0.2) is 0 Å². The zero-order chi connectivity index (χ0) is 18.7. The second kappa shape index (κ2) is 10.3. The Balaban J connectivity index is 0.000000465. The molecular formula is C21H35FeNOSi+2. The maximum Gasteiger partial charge on any atom is 2.00 e. The zero-order valence-electron chi connectivity index (χ0n) is 17.6. The summed E-state index contributed by atoms with van der Waals surface area (Å²) in [6.45, 7) is 24.7. The Hall–Kier alpha value is 0.656. The number of hydrogen-bond donors (Lipinski definition) is 0. The summed E-state index contributed by atoms with van der Waals surface area (Å²) in [4.78, 5) is 0. The van der Waals surface area contributed by atoms with Crippen molar-refractivity contribution >= 4 is 8.32 Å². The summed E-state index contributed by atoms with van der Waals surface area (Å²) in [7, 11) is -1.60. The predicted octanol–water partition coefficient (Wildman–Crippen LogP) is 5.70. The minimum Gasteiger partial charge on any atom is -0.415 e. The molecule has 2 rings (SSSR count). The first-order chi connectivity index (χ1) is 10.9. The van der Waals surface area contributed by atoms with Gasteiger partial charge in [-0.05, 0) is 60.6 Å². The molecule has 2 aliphatic rings. The van der Waals surface area contributed by atoms with Gasteiger partial charge in [-0.15, -0.1) is 0 Å². The summed E-state index contributed by atoms with van der Waals surface area (Å²) in [5.74, 6) is 7.34. The molecule has 1 saturated heterocycles. The van der Waals surface area contributed by atoms with E-state index in [-0.39, 0.29) is 22.1 Å². The molecule has 1 heterocycles. The van der Waals surface area contributed by atoms with Gasteiger partial charge in [0.05, 0.1) is 12.6 Å². The van der Waals surface area contributed by atoms with Crippen molar-refractivity contribution in [1.29, 1.82) is 0 Å². The minimum atomic E-state index is -1.60. The Morgan fingerprint density at radius 1 is 0.880 bits per heavy atom. The van der Waals surface area contributed by atoms with Gasteiger partial charge in [0.25, 0.3) is 0 Å². The van der Waals surface area contributed by atoms with Crippen molar-refractivity contribution in [2.24, 2.45) is 0 Å². The van der Waals surface area contributed by atoms with Crippen molar-refractivity contribution in [2.45, 2.75) is 73.5 Å². The molecule has 140 valence electrons. The minimum absolute atomic E-state index is 0. The van der Waals surface area contributed by atoms with Gasteiger partial charge in [0, 0.05) is 6.54 Å². The van der Waals surface area contributed by atoms with Crippen LogP contribution in [-0.2, 0) is 21.5 Å². The molecule has 2 fully saturated rings. The summed E-state index contributed by atoms with van der Waals surface area (Å²) >= 11 is 0. The van der Waals surface area contributed by atoms with Crippen molar-refractivity contribution in [1.82, 2.24) is 5.32 Å². The largest absolute Gasteiger partial charge is 2.00 e. The van der Waals surface area contributed by atoms with Gasteiger partial charge in [-0.2, -0.15) is 0 Å². The van der Waals surface area contributed by atoms with Crippen LogP contribution < -0.4 is 5.32 Å². The van der Waals surface area contributed by atoms with Gasteiger partial charge < -0.3 is 4.43 Å². The molecular weight excluding hydrogens is 366 g/mol. The third-order valence-corrected chi connectivity index (χ3v) is 10.3. The predicted molar refractivity (Wildman–Crippen MR) is 106 cm³/mol. The third kappa shape index (κ3) is 6.96. The van der Waals surface area contributed by atoms with Crippen LogP contribution >= 0.6 is 0 Å². The second-order valence-corrected chi connectivity index (χ2v) is 13.1. The van der Waals surface area contributed by atoms with Gasteiger partial charge >= 0.3 is 17.1 Å². The van der Waals surface area contributed by atoms with Crippen LogP contribution in [-0.4, -0.2) is 14.9 Å². The van der Waals surface area contributed by atoms with Gasteiger partial charge in [0.2, 0.25) is 0 Å². The molecule has 0 N–H and O–H groups in total. The topological polar surface area (TPSA) is 23.3 Å². The number of hydrogen-bond acceptors (Lipinski definition) is 1. The van der Waals surface area contributed by atoms with E-state index in [1.165, 1.54) is 29.6 Å². The van der Waals surface area contributed by atoms with Gasteiger partial charge in [-0.3, -0.25) is 0 Å². The van der Waals surface area contributed by atoms with E-state index < -0.39 is 8.32 Å². The van der Waals surface area contributed by atoms with Gasteiger partial charge in [0.1, 0.15) is 0 Å². The van der Waals surface area contributed by atoms with Crippen molar-refractivity contribution < 1.29 is 21.5 Å². The van der Waals surface area contributed by atoms with Crippen LogP contribution in [0.2, 0.25) is 18.1 Å². The van der Waals surface area contributed by atoms with E-state index >= 15 is 0 Å². The van der Waals surface area contributed by atoms with Gasteiger partial charge in [0.15, 0.2) is 8.32 Å². The average Bonchev–Trinajstić information content (AvgIpc) is 3.06. The maximum absolute atomic E-state index is 6.01. The van der Waals surface area contributed by atoms with Crippen LogP contribution in [0.4, 0.5) is 0 Å². The summed E-state index contributed by atoms with van der Waals surface area (Å²) < 4.78 is 6.01. The molecule has 0 bridgehead atoms. The number of nitrogens with zero attached hydrogens (tertiary/aromatic N) is 1. The fourth-order valence-electron chi connectivity index (χ4n) is 2.30. The fourth-order valence-corrected chi connectivity index (χ4v) is 3.24. The zero-order valence-corrected chi connectivity index (χ0v) is 19.8. The van der Waals surface area contributed by atoms with E-state index in [9.17, 15) is 0 Å². The van der Waals surface area contributed by atoms with Gasteiger partial charge in [-0.25, -0.2) is 5.32 Å². The molecule has 0 aromatic carbocycles. The molecule has 10 radical (unpaired) electrons. The maximum atomic E-state index is 6.01. The van der Waals surface area contributed by atoms with E-state index in [1.807, 2.05) is 19.4 Å². The van der Waals surface area contributed by atoms with Crippen LogP contribution in [0.1, 0.15) is 55.4 Å². The third-order valence-electron chi connectivity index (χ3n) is 5.81. The molecule has 0 aromatic heterocycles. The van der Waals surface area contributed by atoms with Crippen LogP contribution in [0.3, 0.4) is 0 Å². The first-order valence-electron chi connectivity index (χ1n) is 8.78. The SMILES string of the molecule is CC(C)(C)[Si](C)(C)OC[C]1[CH][CH][CH][N]1.C[C]1[C](C)[C](C)[C](C)[C]1C.[Fe+2]. The molecule has 0 spiro atoms. The Bertz CT molecular complexity index is 332. The summed E-state index contributed by atoms with van der Waals surface area (Å²) in [6.07, 6.45) is 3.96. The number of rotatable bonds is 3. The molecule has 2 nitrogen and oxygen atoms in total. The first-order valence-corrected chi connectivity index (χ1v) is 11.7. The van der Waals surface area contributed by atoms with Crippen molar-refractivity contribution in [3.05, 3.63) is 55.0 Å². The van der Waals surface area contributed by atoms with E-state index in [0.29, 0.717) is 6.61 Å². The molecule has 1 saturated carbocycles. The van der Waals surface area contributed by atoms with Crippen LogP contribution in [0.25, 0.3) is 0 Å². The van der Waals surface area contributed by atoms with E-state index in [2.05, 4.69) is 73.8 Å². The molecule has 25 heavy (non-hydrogen) atoms. The summed E-state index contributed by atoms with van der Waals surface area (Å²) in [6, 6.07) is 1.04. The standard InChI is InChI=1S/C11H20NOSi.C10H15.Fe/c1-11(2,3)14(4,5)13-9-10-7-6-8-12-10;1-6-7(2)9(4)10(5)8(6)3;/h6-8H,9H2,1-5H3;1-5H3;/q;;+2. The van der Waals surface area contributed by atoms with Crippen LogP contribution in [0.5, 0.6) is 0 Å². The molecule has 0 aromatic rings. The first kappa shape index (κ1) is 25.7. The second-order valence-electron chi connectivity index (χ2n) is 8.30. The van der Waals surface area contributed by atoms with Crippen molar-refractivity contribution in [2.75, 3.05) is 6.61 Å². The quantitative estimate of drug-likeness (QED) is 0.557. The van der Waals surface area contributed by atoms with E-state index in [1.54, 1.807) is 0 Å². The Morgan fingerprint density at radius 3 is 1.56 bits per heavy atom. The molecule has 0 amide bonds. The normalized spacial score (nSPS) is 22.8. The summed E-state index contributed by atoms with van der Waals surface area (Å²) in [5.41, 5.74) is 0. The smallest absolute Gasteiger partial charge is 0.415 e. The van der Waals surface area contributed by atoms with E-state index in [4.69, 9.17) is 4.43 Å². The molecule has 1 aliphatic heterocycles. The Kier molecular flexibility index (Phi) is 10.5.